The summed E-state index contributed by atoms with van der Waals surface area (Å²) >= 11 is 0. The van der Waals surface area contributed by atoms with Crippen LogP contribution >= 0.6 is 0 Å². The van der Waals surface area contributed by atoms with E-state index in [4.69, 9.17) is 9.47 Å². The molecule has 1 aromatic heterocycles. The van der Waals surface area contributed by atoms with E-state index in [0.29, 0.717) is 25.5 Å². The average molecular weight is 395 g/mol. The predicted molar refractivity (Wildman–Crippen MR) is 107 cm³/mol. The summed E-state index contributed by atoms with van der Waals surface area (Å²) in [6.07, 6.45) is 4.42. The third kappa shape index (κ3) is 2.82. The van der Waals surface area contributed by atoms with Crippen molar-refractivity contribution in [3.63, 3.8) is 0 Å². The predicted octanol–water partition coefficient (Wildman–Crippen LogP) is 2.58. The van der Waals surface area contributed by atoms with E-state index in [1.807, 2.05) is 4.90 Å². The van der Waals surface area contributed by atoms with Crippen molar-refractivity contribution in [2.45, 2.75) is 44.1 Å². The summed E-state index contributed by atoms with van der Waals surface area (Å²) in [5.74, 6) is 1.43. The van der Waals surface area contributed by atoms with Gasteiger partial charge in [-0.05, 0) is 49.1 Å². The van der Waals surface area contributed by atoms with Gasteiger partial charge >= 0.3 is 0 Å². The number of benzene rings is 1. The molecule has 152 valence electrons. The summed E-state index contributed by atoms with van der Waals surface area (Å²) in [5, 5.41) is 4.19. The fourth-order valence-corrected chi connectivity index (χ4v) is 5.12. The van der Waals surface area contributed by atoms with E-state index in [1.54, 1.807) is 7.05 Å². The van der Waals surface area contributed by atoms with Gasteiger partial charge < -0.3 is 14.4 Å². The van der Waals surface area contributed by atoms with Crippen LogP contribution in [0, 0.1) is 0 Å². The third-order valence-electron chi connectivity index (χ3n) is 6.68. The van der Waals surface area contributed by atoms with Crippen LogP contribution in [0.4, 0.5) is 0 Å². The number of rotatable bonds is 1. The Labute approximate surface area is 169 Å². The Morgan fingerprint density at radius 3 is 2.52 bits per heavy atom. The molecule has 0 bridgehead atoms. The van der Waals surface area contributed by atoms with Crippen LogP contribution < -0.4 is 15.0 Å². The highest BCUT2D eigenvalue weighted by Crippen LogP contribution is 2.52. The summed E-state index contributed by atoms with van der Waals surface area (Å²) < 4.78 is 12.9. The molecule has 2 aliphatic heterocycles. The van der Waals surface area contributed by atoms with Gasteiger partial charge in [-0.25, -0.2) is 4.68 Å². The maximum Gasteiger partial charge on any atom is 0.274 e. The second kappa shape index (κ2) is 6.61. The Hall–Kier alpha value is -2.83. The topological polar surface area (TPSA) is 73.7 Å². The van der Waals surface area contributed by atoms with E-state index >= 15 is 0 Å². The molecule has 1 aromatic carbocycles. The highest BCUT2D eigenvalue weighted by Gasteiger charge is 2.46. The van der Waals surface area contributed by atoms with Crippen LogP contribution in [0.25, 0.3) is 0 Å². The zero-order valence-electron chi connectivity index (χ0n) is 16.8. The van der Waals surface area contributed by atoms with Gasteiger partial charge in [0.25, 0.3) is 11.5 Å². The molecule has 0 N–H and O–H groups in total. The van der Waals surface area contributed by atoms with Crippen LogP contribution in [-0.2, 0) is 12.5 Å². The molecule has 0 radical (unpaired) electrons. The first-order chi connectivity index (χ1) is 14.0. The van der Waals surface area contributed by atoms with Crippen LogP contribution in [0.15, 0.2) is 29.1 Å². The van der Waals surface area contributed by atoms with Crippen molar-refractivity contribution in [2.24, 2.45) is 7.05 Å². The molecule has 1 unspecified atom stereocenters. The lowest BCUT2D eigenvalue weighted by atomic mass is 9.71. The first kappa shape index (κ1) is 18.2. The number of nitrogens with zero attached hydrogens (tertiary/aromatic N) is 3. The lowest BCUT2D eigenvalue weighted by molar-refractivity contribution is 0.0584. The zero-order chi connectivity index (χ0) is 20.2. The molecule has 3 aliphatic rings. The minimum Gasteiger partial charge on any atom is -0.486 e. The van der Waals surface area contributed by atoms with Crippen LogP contribution in [-0.4, -0.2) is 40.3 Å². The molecule has 7 heteroatoms. The minimum absolute atomic E-state index is 0.0615. The molecule has 2 aromatic rings. The van der Waals surface area contributed by atoms with E-state index in [0.717, 1.165) is 42.7 Å². The summed E-state index contributed by atoms with van der Waals surface area (Å²) in [7, 11) is 1.57. The number of carbonyl (C=O) groups excluding carboxylic acids is 1. The maximum absolute atomic E-state index is 13.4. The summed E-state index contributed by atoms with van der Waals surface area (Å²) in [6.45, 7) is 3.81. The van der Waals surface area contributed by atoms with E-state index in [9.17, 15) is 9.59 Å². The van der Waals surface area contributed by atoms with Crippen molar-refractivity contribution in [2.75, 3.05) is 19.8 Å². The van der Waals surface area contributed by atoms with Gasteiger partial charge in [-0.3, -0.25) is 9.59 Å². The van der Waals surface area contributed by atoms with Crippen molar-refractivity contribution in [1.82, 2.24) is 14.7 Å². The van der Waals surface area contributed by atoms with Gasteiger partial charge in [0.2, 0.25) is 0 Å². The van der Waals surface area contributed by atoms with Crippen molar-refractivity contribution in [1.29, 1.82) is 0 Å². The van der Waals surface area contributed by atoms with Gasteiger partial charge in [-0.15, -0.1) is 0 Å². The SMILES string of the molecule is CC1c2cc3c(cc2C2(CCCC2)CN1C(=O)c1ccc(=O)n(C)n1)OCCO3. The van der Waals surface area contributed by atoms with Gasteiger partial charge in [0.05, 0.1) is 6.04 Å². The van der Waals surface area contributed by atoms with E-state index < -0.39 is 0 Å². The Kier molecular flexibility index (Phi) is 4.15. The molecule has 1 amide bonds. The maximum atomic E-state index is 13.4. The minimum atomic E-state index is -0.227. The second-order valence-corrected chi connectivity index (χ2v) is 8.36. The molecule has 5 rings (SSSR count). The summed E-state index contributed by atoms with van der Waals surface area (Å²) in [4.78, 5) is 27.0. The number of hydrogen-bond donors (Lipinski definition) is 0. The highest BCUT2D eigenvalue weighted by atomic mass is 16.6. The summed E-state index contributed by atoms with van der Waals surface area (Å²) in [5.41, 5.74) is 2.43. The fourth-order valence-electron chi connectivity index (χ4n) is 5.12. The first-order valence-corrected chi connectivity index (χ1v) is 10.3. The molecule has 3 heterocycles. The Morgan fingerprint density at radius 2 is 1.83 bits per heavy atom. The number of carbonyl (C=O) groups is 1. The molecule has 29 heavy (non-hydrogen) atoms. The normalized spacial score (nSPS) is 21.9. The van der Waals surface area contributed by atoms with Gasteiger partial charge in [-0.1, -0.05) is 12.8 Å². The highest BCUT2D eigenvalue weighted by molar-refractivity contribution is 5.92. The Morgan fingerprint density at radius 1 is 1.14 bits per heavy atom. The molecule has 1 atom stereocenters. The third-order valence-corrected chi connectivity index (χ3v) is 6.68. The molecule has 7 nitrogen and oxygen atoms in total. The van der Waals surface area contributed by atoms with Crippen LogP contribution in [0.2, 0.25) is 0 Å². The quantitative estimate of drug-likeness (QED) is 0.742. The van der Waals surface area contributed by atoms with Crippen LogP contribution in [0.1, 0.15) is 60.3 Å². The molecule has 0 saturated heterocycles. The average Bonchev–Trinajstić information content (AvgIpc) is 3.20. The van der Waals surface area contributed by atoms with E-state index in [2.05, 4.69) is 24.2 Å². The fraction of sp³-hybridized carbons (Fsp3) is 0.500. The second-order valence-electron chi connectivity index (χ2n) is 8.36. The number of ether oxygens (including phenoxy) is 2. The zero-order valence-corrected chi connectivity index (χ0v) is 16.8. The van der Waals surface area contributed by atoms with Gasteiger partial charge in [0.1, 0.15) is 18.9 Å². The van der Waals surface area contributed by atoms with Crippen LogP contribution in [0.3, 0.4) is 0 Å². The van der Waals surface area contributed by atoms with Crippen molar-refractivity contribution < 1.29 is 14.3 Å². The van der Waals surface area contributed by atoms with Gasteiger partial charge in [0, 0.05) is 25.1 Å². The standard InChI is InChI=1S/C22H25N3O4/c1-14-15-11-18-19(29-10-9-28-18)12-16(15)22(7-3-4-8-22)13-25(14)21(27)17-5-6-20(26)24(2)23-17/h5-6,11-12,14H,3-4,7-10,13H2,1-2H3. The van der Waals surface area contributed by atoms with E-state index in [-0.39, 0.29) is 22.9 Å². The number of aryl methyl sites for hydroxylation is 1. The van der Waals surface area contributed by atoms with Crippen LogP contribution in [0.5, 0.6) is 11.5 Å². The van der Waals surface area contributed by atoms with Crippen molar-refractivity contribution in [3.05, 3.63) is 51.4 Å². The molecular formula is C22H25N3O4. The number of aromatic nitrogens is 2. The first-order valence-electron chi connectivity index (χ1n) is 10.3. The number of fused-ring (bicyclic) bond motifs is 3. The molecular weight excluding hydrogens is 370 g/mol. The molecule has 1 fully saturated rings. The Bertz CT molecular complexity index is 1040. The number of amides is 1. The lowest BCUT2D eigenvalue weighted by Crippen LogP contribution is -2.49. The molecule has 1 spiro atoms. The summed E-state index contributed by atoms with van der Waals surface area (Å²) in [6, 6.07) is 7.02. The molecule has 1 saturated carbocycles. The largest absolute Gasteiger partial charge is 0.486 e. The van der Waals surface area contributed by atoms with Crippen molar-refractivity contribution >= 4 is 5.91 Å². The Balaban J connectivity index is 1.60. The monoisotopic (exact) mass is 395 g/mol. The lowest BCUT2D eigenvalue weighted by Gasteiger charge is -2.46. The smallest absolute Gasteiger partial charge is 0.274 e. The van der Waals surface area contributed by atoms with E-state index in [1.165, 1.54) is 22.4 Å². The van der Waals surface area contributed by atoms with Gasteiger partial charge in [-0.2, -0.15) is 5.10 Å². The van der Waals surface area contributed by atoms with Crippen molar-refractivity contribution in [3.8, 4) is 11.5 Å². The molecule has 1 aliphatic carbocycles. The number of hydrogen-bond acceptors (Lipinski definition) is 5. The van der Waals surface area contributed by atoms with Gasteiger partial charge in [0.15, 0.2) is 11.5 Å².